The Morgan fingerprint density at radius 1 is 1.28 bits per heavy atom. The van der Waals surface area contributed by atoms with Crippen LogP contribution < -0.4 is 5.32 Å². The summed E-state index contributed by atoms with van der Waals surface area (Å²) in [7, 11) is 1.59. The van der Waals surface area contributed by atoms with E-state index in [1.165, 1.54) is 25.7 Å². The summed E-state index contributed by atoms with van der Waals surface area (Å²) >= 11 is 0. The number of hydrogen-bond acceptors (Lipinski definition) is 3. The van der Waals surface area contributed by atoms with Gasteiger partial charge in [-0.2, -0.15) is 0 Å². The molecule has 0 radical (unpaired) electrons. The van der Waals surface area contributed by atoms with Crippen LogP contribution in [0.3, 0.4) is 0 Å². The standard InChI is InChI=1S/C20H35NO4/c1-3-4-5-8-15-13-17(15)21-19(24)20(10-6-7-11-20)14-16(18(22)23)9-12-25-2/h15-17H,3-14H2,1-2H3,(H,21,24)(H,22,23)/t15-,16?,17-/m1/s1. The second-order valence-corrected chi connectivity index (χ2v) is 8.08. The molecule has 2 N–H and O–H groups in total. The van der Waals surface area contributed by atoms with Gasteiger partial charge in [-0.1, -0.05) is 39.0 Å². The second kappa shape index (κ2) is 9.56. The minimum Gasteiger partial charge on any atom is -0.481 e. The van der Waals surface area contributed by atoms with Crippen LogP contribution in [0, 0.1) is 17.3 Å². The van der Waals surface area contributed by atoms with Gasteiger partial charge in [0, 0.05) is 19.8 Å². The molecule has 0 aromatic heterocycles. The van der Waals surface area contributed by atoms with Crippen molar-refractivity contribution in [1.29, 1.82) is 0 Å². The minimum atomic E-state index is -0.806. The van der Waals surface area contributed by atoms with E-state index in [0.717, 1.165) is 32.1 Å². The first-order valence-electron chi connectivity index (χ1n) is 10.0. The Labute approximate surface area is 151 Å². The number of carboxylic acids is 1. The highest BCUT2D eigenvalue weighted by atomic mass is 16.5. The molecule has 144 valence electrons. The number of hydrogen-bond donors (Lipinski definition) is 2. The lowest BCUT2D eigenvalue weighted by Crippen LogP contribution is -2.43. The smallest absolute Gasteiger partial charge is 0.306 e. The van der Waals surface area contributed by atoms with Crippen molar-refractivity contribution in [2.45, 2.75) is 83.6 Å². The number of unbranched alkanes of at least 4 members (excludes halogenated alkanes) is 2. The van der Waals surface area contributed by atoms with Gasteiger partial charge >= 0.3 is 5.97 Å². The SMILES string of the molecule is CCCCC[C@@H]1C[C@H]1NC(=O)C1(CC(CCOC)C(=O)O)CCCC1. The average molecular weight is 354 g/mol. The van der Waals surface area contributed by atoms with Crippen LogP contribution in [0.4, 0.5) is 0 Å². The molecule has 1 unspecified atom stereocenters. The maximum atomic E-state index is 13.0. The molecule has 0 saturated heterocycles. The van der Waals surface area contributed by atoms with Crippen LogP contribution in [0.1, 0.15) is 77.6 Å². The highest BCUT2D eigenvalue weighted by Gasteiger charge is 2.47. The number of nitrogens with one attached hydrogen (secondary N) is 1. The van der Waals surface area contributed by atoms with E-state index in [9.17, 15) is 14.7 Å². The molecule has 25 heavy (non-hydrogen) atoms. The number of methoxy groups -OCH3 is 1. The van der Waals surface area contributed by atoms with E-state index in [2.05, 4.69) is 12.2 Å². The molecule has 2 saturated carbocycles. The van der Waals surface area contributed by atoms with Gasteiger partial charge in [0.2, 0.25) is 5.91 Å². The van der Waals surface area contributed by atoms with Crippen LogP contribution in [-0.4, -0.2) is 36.7 Å². The fourth-order valence-corrected chi connectivity index (χ4v) is 4.34. The van der Waals surface area contributed by atoms with Gasteiger partial charge in [-0.05, 0) is 44.4 Å². The van der Waals surface area contributed by atoms with Crippen molar-refractivity contribution in [2.75, 3.05) is 13.7 Å². The monoisotopic (exact) mass is 353 g/mol. The molecule has 2 rings (SSSR count). The van der Waals surface area contributed by atoms with E-state index < -0.39 is 17.3 Å². The Hall–Kier alpha value is -1.10. The van der Waals surface area contributed by atoms with Gasteiger partial charge in [0.1, 0.15) is 0 Å². The van der Waals surface area contributed by atoms with E-state index in [-0.39, 0.29) is 5.91 Å². The van der Waals surface area contributed by atoms with Crippen LogP contribution in [-0.2, 0) is 14.3 Å². The van der Waals surface area contributed by atoms with Crippen molar-refractivity contribution in [3.63, 3.8) is 0 Å². The van der Waals surface area contributed by atoms with Gasteiger partial charge < -0.3 is 15.2 Å². The fourth-order valence-electron chi connectivity index (χ4n) is 4.34. The Morgan fingerprint density at radius 3 is 2.60 bits per heavy atom. The minimum absolute atomic E-state index is 0.108. The Morgan fingerprint density at radius 2 is 2.00 bits per heavy atom. The summed E-state index contributed by atoms with van der Waals surface area (Å²) in [6.45, 7) is 2.63. The molecule has 5 nitrogen and oxygen atoms in total. The van der Waals surface area contributed by atoms with Crippen LogP contribution >= 0.6 is 0 Å². The van der Waals surface area contributed by atoms with Crippen molar-refractivity contribution in [1.82, 2.24) is 5.32 Å². The lowest BCUT2D eigenvalue weighted by Gasteiger charge is -2.30. The topological polar surface area (TPSA) is 75.6 Å². The number of amides is 1. The fraction of sp³-hybridized carbons (Fsp3) is 0.900. The molecule has 3 atom stereocenters. The van der Waals surface area contributed by atoms with Gasteiger partial charge in [-0.25, -0.2) is 0 Å². The second-order valence-electron chi connectivity index (χ2n) is 8.08. The molecule has 5 heteroatoms. The van der Waals surface area contributed by atoms with Gasteiger partial charge in [0.25, 0.3) is 0 Å². The maximum Gasteiger partial charge on any atom is 0.306 e. The van der Waals surface area contributed by atoms with Crippen molar-refractivity contribution in [3.8, 4) is 0 Å². The summed E-state index contributed by atoms with van der Waals surface area (Å²) in [5.41, 5.74) is -0.479. The summed E-state index contributed by atoms with van der Waals surface area (Å²) in [4.78, 5) is 24.6. The van der Waals surface area contributed by atoms with Crippen molar-refractivity contribution in [3.05, 3.63) is 0 Å². The first kappa shape index (κ1) is 20.2. The largest absolute Gasteiger partial charge is 0.481 e. The van der Waals surface area contributed by atoms with Gasteiger partial charge in [0.05, 0.1) is 11.3 Å². The number of rotatable bonds is 12. The number of carboxylic acid groups (broad SMARTS) is 1. The molecule has 2 aliphatic carbocycles. The Balaban J connectivity index is 1.90. The lowest BCUT2D eigenvalue weighted by atomic mass is 9.76. The van der Waals surface area contributed by atoms with Gasteiger partial charge in [-0.3, -0.25) is 9.59 Å². The van der Waals surface area contributed by atoms with Gasteiger partial charge in [0.15, 0.2) is 0 Å². The Kier molecular flexibility index (Phi) is 7.73. The third kappa shape index (κ3) is 5.70. The van der Waals surface area contributed by atoms with E-state index in [1.807, 2.05) is 0 Å². The highest BCUT2D eigenvalue weighted by molar-refractivity contribution is 5.84. The van der Waals surface area contributed by atoms with Crippen LogP contribution in [0.25, 0.3) is 0 Å². The molecule has 0 spiro atoms. The third-order valence-corrected chi connectivity index (χ3v) is 6.12. The number of carbonyl (C=O) groups is 2. The van der Waals surface area contributed by atoms with Crippen LogP contribution in [0.15, 0.2) is 0 Å². The summed E-state index contributed by atoms with van der Waals surface area (Å²) in [6, 6.07) is 0.323. The average Bonchev–Trinajstić information content (AvgIpc) is 3.13. The molecule has 2 aliphatic rings. The van der Waals surface area contributed by atoms with Crippen LogP contribution in [0.5, 0.6) is 0 Å². The zero-order valence-electron chi connectivity index (χ0n) is 15.9. The summed E-state index contributed by atoms with van der Waals surface area (Å²) < 4.78 is 5.05. The van der Waals surface area contributed by atoms with Crippen molar-refractivity contribution < 1.29 is 19.4 Å². The van der Waals surface area contributed by atoms with Gasteiger partial charge in [-0.15, -0.1) is 0 Å². The quantitative estimate of drug-likeness (QED) is 0.524. The molecule has 0 aromatic rings. The number of aliphatic carboxylic acids is 1. The highest BCUT2D eigenvalue weighted by Crippen LogP contribution is 2.45. The van der Waals surface area contributed by atoms with E-state index in [1.54, 1.807) is 7.11 Å². The van der Waals surface area contributed by atoms with Crippen molar-refractivity contribution in [2.24, 2.45) is 17.3 Å². The van der Waals surface area contributed by atoms with E-state index in [0.29, 0.717) is 31.4 Å². The van der Waals surface area contributed by atoms with E-state index >= 15 is 0 Å². The zero-order valence-corrected chi connectivity index (χ0v) is 15.9. The molecular weight excluding hydrogens is 318 g/mol. The number of carbonyl (C=O) groups excluding carboxylic acids is 1. The molecule has 0 bridgehead atoms. The number of ether oxygens (including phenoxy) is 1. The zero-order chi connectivity index (χ0) is 18.3. The molecule has 0 aliphatic heterocycles. The summed E-state index contributed by atoms with van der Waals surface area (Å²) in [5, 5.41) is 12.8. The molecule has 0 heterocycles. The molecule has 1 amide bonds. The summed E-state index contributed by atoms with van der Waals surface area (Å²) in [6.07, 6.45) is 10.7. The first-order chi connectivity index (χ1) is 12.0. The maximum absolute atomic E-state index is 13.0. The predicted octanol–water partition coefficient (Wildman–Crippen LogP) is 3.76. The van der Waals surface area contributed by atoms with Crippen LogP contribution in [0.2, 0.25) is 0 Å². The first-order valence-corrected chi connectivity index (χ1v) is 10.0. The van der Waals surface area contributed by atoms with E-state index in [4.69, 9.17) is 4.74 Å². The van der Waals surface area contributed by atoms with Crippen molar-refractivity contribution >= 4 is 11.9 Å². The third-order valence-electron chi connectivity index (χ3n) is 6.12. The molecule has 2 fully saturated rings. The normalized spacial score (nSPS) is 25.5. The predicted molar refractivity (Wildman–Crippen MR) is 97.3 cm³/mol. The molecule has 0 aromatic carbocycles. The summed E-state index contributed by atoms with van der Waals surface area (Å²) in [5.74, 6) is -0.558. The lowest BCUT2D eigenvalue weighted by molar-refractivity contribution is -0.145. The molecular formula is C20H35NO4. The Bertz CT molecular complexity index is 445.